The van der Waals surface area contributed by atoms with Crippen LogP contribution in [0.5, 0.6) is 5.75 Å². The van der Waals surface area contributed by atoms with Crippen molar-refractivity contribution in [1.82, 2.24) is 4.57 Å². The Bertz CT molecular complexity index is 1060. The lowest BCUT2D eigenvalue weighted by Crippen LogP contribution is -2.17. The molecule has 0 bridgehead atoms. The summed E-state index contributed by atoms with van der Waals surface area (Å²) < 4.78 is 35.2. The van der Waals surface area contributed by atoms with Gasteiger partial charge in [-0.2, -0.15) is 4.99 Å². The van der Waals surface area contributed by atoms with Gasteiger partial charge in [0, 0.05) is 0 Å². The first-order valence-corrected chi connectivity index (χ1v) is 8.00. The topological polar surface area (TPSA) is 43.6 Å². The molecule has 0 aliphatic carbocycles. The molecule has 25 heavy (non-hydrogen) atoms. The van der Waals surface area contributed by atoms with Crippen LogP contribution in [0.15, 0.2) is 41.4 Å². The Morgan fingerprint density at radius 1 is 1.32 bits per heavy atom. The van der Waals surface area contributed by atoms with E-state index in [4.69, 9.17) is 11.2 Å². The smallest absolute Gasteiger partial charge is 0.285 e. The minimum absolute atomic E-state index is 0.165. The predicted molar refractivity (Wildman–Crippen MR) is 91.5 cm³/mol. The van der Waals surface area contributed by atoms with E-state index in [0.717, 1.165) is 22.3 Å². The molecular weight excluding hydrogens is 346 g/mol. The Labute approximate surface area is 146 Å². The third-order valence-corrected chi connectivity index (χ3v) is 4.55. The molecule has 1 amide bonds. The summed E-state index contributed by atoms with van der Waals surface area (Å²) in [4.78, 5) is 16.4. The monoisotopic (exact) mass is 358 g/mol. The van der Waals surface area contributed by atoms with E-state index < -0.39 is 23.1 Å². The Hall–Kier alpha value is -2.98. The second kappa shape index (κ2) is 6.87. The van der Waals surface area contributed by atoms with Crippen LogP contribution in [0.3, 0.4) is 0 Å². The van der Waals surface area contributed by atoms with Gasteiger partial charge in [0.15, 0.2) is 4.80 Å². The number of hydrogen-bond donors (Lipinski definition) is 0. The van der Waals surface area contributed by atoms with Gasteiger partial charge in [-0.25, -0.2) is 8.78 Å². The highest BCUT2D eigenvalue weighted by atomic mass is 32.1. The standard InChI is InChI=1S/C18H12F2N2O2S/c1-3-9-22-14-8-7-11(24-2)10-15(14)25-18(22)21-17(23)16-12(19)5-4-6-13(16)20/h1,4-8,10H,9H2,2H3. The first-order valence-electron chi connectivity index (χ1n) is 7.19. The maximum absolute atomic E-state index is 13.8. The lowest BCUT2D eigenvalue weighted by molar-refractivity contribution is 0.0990. The molecule has 0 N–H and O–H groups in total. The van der Waals surface area contributed by atoms with Gasteiger partial charge >= 0.3 is 0 Å². The summed E-state index contributed by atoms with van der Waals surface area (Å²) in [6.45, 7) is 0.165. The molecule has 0 aliphatic heterocycles. The molecule has 3 aromatic rings. The van der Waals surface area contributed by atoms with Crippen molar-refractivity contribution in [2.24, 2.45) is 4.99 Å². The molecule has 7 heteroatoms. The van der Waals surface area contributed by atoms with Crippen molar-refractivity contribution in [2.45, 2.75) is 6.54 Å². The normalized spacial score (nSPS) is 11.5. The molecule has 0 radical (unpaired) electrons. The number of terminal acetylenes is 1. The molecule has 4 nitrogen and oxygen atoms in total. The van der Waals surface area contributed by atoms with E-state index >= 15 is 0 Å². The lowest BCUT2D eigenvalue weighted by atomic mass is 10.2. The zero-order chi connectivity index (χ0) is 18.0. The molecule has 0 atom stereocenters. The minimum atomic E-state index is -1.00. The van der Waals surface area contributed by atoms with Crippen LogP contribution in [0.25, 0.3) is 10.2 Å². The van der Waals surface area contributed by atoms with Gasteiger partial charge in [0.05, 0.1) is 23.9 Å². The third kappa shape index (κ3) is 3.16. The number of amides is 1. The van der Waals surface area contributed by atoms with E-state index in [0.29, 0.717) is 5.75 Å². The summed E-state index contributed by atoms with van der Waals surface area (Å²) in [5, 5.41) is 0. The second-order valence-corrected chi connectivity index (χ2v) is 6.03. The summed E-state index contributed by atoms with van der Waals surface area (Å²) in [7, 11) is 1.54. The summed E-state index contributed by atoms with van der Waals surface area (Å²) in [6, 6.07) is 8.53. The van der Waals surface area contributed by atoms with Crippen molar-refractivity contribution in [2.75, 3.05) is 7.11 Å². The summed E-state index contributed by atoms with van der Waals surface area (Å²) in [6.07, 6.45) is 5.39. The second-order valence-electron chi connectivity index (χ2n) is 5.02. The van der Waals surface area contributed by atoms with Gasteiger partial charge in [-0.15, -0.1) is 6.42 Å². The van der Waals surface area contributed by atoms with E-state index in [-0.39, 0.29) is 11.3 Å². The highest BCUT2D eigenvalue weighted by molar-refractivity contribution is 7.16. The molecule has 0 aliphatic rings. The lowest BCUT2D eigenvalue weighted by Gasteiger charge is -2.02. The van der Waals surface area contributed by atoms with Gasteiger partial charge in [0.2, 0.25) is 0 Å². The summed E-state index contributed by atoms with van der Waals surface area (Å²) in [5.41, 5.74) is 0.0640. The fourth-order valence-corrected chi connectivity index (χ4v) is 3.41. The first kappa shape index (κ1) is 16.9. The number of thiazole rings is 1. The van der Waals surface area contributed by atoms with Crippen LogP contribution >= 0.6 is 11.3 Å². The van der Waals surface area contributed by atoms with Crippen LogP contribution < -0.4 is 9.54 Å². The first-order chi connectivity index (χ1) is 12.0. The number of methoxy groups -OCH3 is 1. The van der Waals surface area contributed by atoms with Gasteiger partial charge in [0.25, 0.3) is 5.91 Å². The molecule has 126 valence electrons. The number of rotatable bonds is 3. The van der Waals surface area contributed by atoms with Gasteiger partial charge in [-0.05, 0) is 30.3 Å². The fraction of sp³-hybridized carbons (Fsp3) is 0.111. The minimum Gasteiger partial charge on any atom is -0.497 e. The van der Waals surface area contributed by atoms with Crippen molar-refractivity contribution in [3.63, 3.8) is 0 Å². The maximum Gasteiger partial charge on any atom is 0.285 e. The number of benzene rings is 2. The Balaban J connectivity index is 2.20. The molecule has 1 heterocycles. The zero-order valence-electron chi connectivity index (χ0n) is 13.1. The highest BCUT2D eigenvalue weighted by Gasteiger charge is 2.17. The summed E-state index contributed by atoms with van der Waals surface area (Å²) >= 11 is 1.18. The van der Waals surface area contributed by atoms with Crippen LogP contribution in [0, 0.1) is 24.0 Å². The molecule has 1 aromatic heterocycles. The molecule has 3 rings (SSSR count). The van der Waals surface area contributed by atoms with E-state index in [1.54, 1.807) is 29.9 Å². The Morgan fingerprint density at radius 3 is 2.68 bits per heavy atom. The van der Waals surface area contributed by atoms with Crippen LogP contribution in [-0.2, 0) is 6.54 Å². The molecule has 0 spiro atoms. The Kier molecular flexibility index (Phi) is 4.63. The number of nitrogens with zero attached hydrogens (tertiary/aromatic N) is 2. The van der Waals surface area contributed by atoms with Crippen LogP contribution in [-0.4, -0.2) is 17.6 Å². The number of ether oxygens (including phenoxy) is 1. The van der Waals surface area contributed by atoms with Crippen molar-refractivity contribution in [1.29, 1.82) is 0 Å². The van der Waals surface area contributed by atoms with E-state index in [1.807, 2.05) is 0 Å². The van der Waals surface area contributed by atoms with E-state index in [2.05, 4.69) is 10.9 Å². The maximum atomic E-state index is 13.8. The SMILES string of the molecule is C#CCn1c(=NC(=O)c2c(F)cccc2F)sc2cc(OC)ccc21. The number of carbonyl (C=O) groups excluding carboxylic acids is 1. The van der Waals surface area contributed by atoms with Gasteiger partial charge in [-0.3, -0.25) is 4.79 Å². The molecule has 0 fully saturated rings. The summed E-state index contributed by atoms with van der Waals surface area (Å²) in [5.74, 6) is 0.208. The Morgan fingerprint density at radius 2 is 2.04 bits per heavy atom. The third-order valence-electron chi connectivity index (χ3n) is 3.51. The van der Waals surface area contributed by atoms with E-state index in [9.17, 15) is 13.6 Å². The average Bonchev–Trinajstić information content (AvgIpc) is 2.91. The number of hydrogen-bond acceptors (Lipinski definition) is 3. The van der Waals surface area contributed by atoms with E-state index in [1.165, 1.54) is 17.4 Å². The number of fused-ring (bicyclic) bond motifs is 1. The largest absolute Gasteiger partial charge is 0.497 e. The quantitative estimate of drug-likeness (QED) is 0.674. The van der Waals surface area contributed by atoms with Crippen molar-refractivity contribution in [3.8, 4) is 18.1 Å². The average molecular weight is 358 g/mol. The molecule has 2 aromatic carbocycles. The number of halogens is 2. The number of aromatic nitrogens is 1. The van der Waals surface area contributed by atoms with Crippen molar-refractivity contribution < 1.29 is 18.3 Å². The molecular formula is C18H12F2N2O2S. The van der Waals surface area contributed by atoms with Gasteiger partial charge in [-0.1, -0.05) is 23.3 Å². The number of carbonyl (C=O) groups is 1. The predicted octanol–water partition coefficient (Wildman–Crippen LogP) is 3.36. The zero-order valence-corrected chi connectivity index (χ0v) is 13.9. The van der Waals surface area contributed by atoms with Crippen LogP contribution in [0.1, 0.15) is 10.4 Å². The van der Waals surface area contributed by atoms with Crippen LogP contribution in [0.2, 0.25) is 0 Å². The fourth-order valence-electron chi connectivity index (χ4n) is 2.35. The van der Waals surface area contributed by atoms with Crippen molar-refractivity contribution >= 4 is 27.5 Å². The van der Waals surface area contributed by atoms with Crippen molar-refractivity contribution in [3.05, 3.63) is 58.4 Å². The highest BCUT2D eigenvalue weighted by Crippen LogP contribution is 2.23. The molecule has 0 saturated heterocycles. The van der Waals surface area contributed by atoms with Gasteiger partial charge < -0.3 is 9.30 Å². The molecule has 0 saturated carbocycles. The van der Waals surface area contributed by atoms with Gasteiger partial charge in [0.1, 0.15) is 22.9 Å². The van der Waals surface area contributed by atoms with Crippen LogP contribution in [0.4, 0.5) is 8.78 Å². The molecule has 0 unspecified atom stereocenters.